The Kier molecular flexibility index (Phi) is 12.4. The van der Waals surface area contributed by atoms with Gasteiger partial charge in [-0.15, -0.1) is 0 Å². The minimum atomic E-state index is -4.92. The van der Waals surface area contributed by atoms with Crippen molar-refractivity contribution in [2.45, 2.75) is 0 Å². The van der Waals surface area contributed by atoms with Gasteiger partial charge in [0.15, 0.2) is 0 Å². The fraction of sp³-hybridized carbons (Fsp3) is 0. The molecule has 0 rings (SSSR count). The van der Waals surface area contributed by atoms with Crippen molar-refractivity contribution in [1.29, 1.82) is 0 Å². The second-order valence-electron chi connectivity index (χ2n) is 0.428. The summed E-state index contributed by atoms with van der Waals surface area (Å²) in [6.07, 6.45) is 0. The van der Waals surface area contributed by atoms with Crippen LogP contribution in [0.2, 0.25) is 0 Å². The molecule has 0 heterocycles. The summed E-state index contributed by atoms with van der Waals surface area (Å²) in [5.41, 5.74) is 0. The SMILES string of the molecule is O=S(=O)([O-])O.[Ba+2].[F-]. The van der Waals surface area contributed by atoms with E-state index in [1.807, 2.05) is 0 Å². The Bertz CT molecular complexity index is 94.9. The molecule has 0 atom stereocenters. The quantitative estimate of drug-likeness (QED) is 0.269. The van der Waals surface area contributed by atoms with Crippen molar-refractivity contribution >= 4 is 59.3 Å². The first-order chi connectivity index (χ1) is 2.00. The van der Waals surface area contributed by atoms with Gasteiger partial charge < -0.3 is 9.26 Å². The molecule has 0 aromatic heterocycles. The summed E-state index contributed by atoms with van der Waals surface area (Å²) in [5.74, 6) is 0. The summed E-state index contributed by atoms with van der Waals surface area (Å²) >= 11 is 0. The molecule has 0 aromatic carbocycles. The summed E-state index contributed by atoms with van der Waals surface area (Å²) in [5, 5.41) is 0. The maximum atomic E-state index is 8.63. The van der Waals surface area contributed by atoms with Crippen LogP contribution in [0.5, 0.6) is 0 Å². The van der Waals surface area contributed by atoms with E-state index in [-0.39, 0.29) is 53.6 Å². The average Bonchev–Trinajstić information content (AvgIpc) is 0.722. The van der Waals surface area contributed by atoms with Gasteiger partial charge in [-0.25, -0.2) is 8.42 Å². The Balaban J connectivity index is -0.0000000800. The molecular formula is HBaFO4S. The molecule has 7 heteroatoms. The summed E-state index contributed by atoms with van der Waals surface area (Å²) < 4.78 is 32.8. The van der Waals surface area contributed by atoms with Crippen LogP contribution in [0.25, 0.3) is 0 Å². The Labute approximate surface area is 80.3 Å². The summed E-state index contributed by atoms with van der Waals surface area (Å²) in [4.78, 5) is 0. The third-order valence-electron chi connectivity index (χ3n) is 0. The number of halogens is 1. The predicted octanol–water partition coefficient (Wildman–Crippen LogP) is -4.37. The van der Waals surface area contributed by atoms with Gasteiger partial charge >= 0.3 is 48.9 Å². The van der Waals surface area contributed by atoms with Gasteiger partial charge in [0.05, 0.1) is 0 Å². The maximum absolute atomic E-state index is 8.63. The molecule has 0 aliphatic carbocycles. The molecule has 40 valence electrons. The van der Waals surface area contributed by atoms with Crippen LogP contribution >= 0.6 is 0 Å². The van der Waals surface area contributed by atoms with E-state index in [2.05, 4.69) is 0 Å². The molecule has 0 bridgehead atoms. The molecule has 0 saturated carbocycles. The molecule has 0 aromatic rings. The Morgan fingerprint density at radius 3 is 1.43 bits per heavy atom. The molecule has 0 amide bonds. The molecule has 0 aliphatic rings. The van der Waals surface area contributed by atoms with Crippen molar-refractivity contribution in [1.82, 2.24) is 0 Å². The first-order valence-electron chi connectivity index (χ1n) is 0.683. The van der Waals surface area contributed by atoms with Crippen molar-refractivity contribution in [2.75, 3.05) is 0 Å². The van der Waals surface area contributed by atoms with Gasteiger partial charge in [-0.2, -0.15) is 0 Å². The number of hydrogen-bond donors (Lipinski definition) is 1. The molecule has 4 nitrogen and oxygen atoms in total. The van der Waals surface area contributed by atoms with Crippen LogP contribution in [0.15, 0.2) is 0 Å². The first kappa shape index (κ1) is 15.8. The molecule has 0 unspecified atom stereocenters. The van der Waals surface area contributed by atoms with Crippen LogP contribution in [0.3, 0.4) is 0 Å². The van der Waals surface area contributed by atoms with Crippen LogP contribution in [-0.2, 0) is 10.4 Å². The Morgan fingerprint density at radius 1 is 1.43 bits per heavy atom. The van der Waals surface area contributed by atoms with Gasteiger partial charge in [-0.3, -0.25) is 4.55 Å². The van der Waals surface area contributed by atoms with Crippen molar-refractivity contribution < 1.29 is 22.2 Å². The summed E-state index contributed by atoms with van der Waals surface area (Å²) in [6, 6.07) is 0. The molecule has 0 spiro atoms. The van der Waals surface area contributed by atoms with E-state index in [9.17, 15) is 0 Å². The zero-order chi connectivity index (χ0) is 4.50. The van der Waals surface area contributed by atoms with Gasteiger partial charge in [0, 0.05) is 0 Å². The molecule has 7 heavy (non-hydrogen) atoms. The monoisotopic (exact) mass is 254 g/mol. The fourth-order valence-electron chi connectivity index (χ4n) is 0. The van der Waals surface area contributed by atoms with Crippen LogP contribution in [0.1, 0.15) is 0 Å². The van der Waals surface area contributed by atoms with E-state index >= 15 is 0 Å². The zero-order valence-electron chi connectivity index (χ0n) is 3.17. The molecule has 0 saturated heterocycles. The standard InChI is InChI=1S/Ba.FH.H2O4S/c;;1-5(2,3)4/h;1H;(H2,1,2,3,4)/q+2;;/p-2. The maximum Gasteiger partial charge on any atom is 2.00 e. The Hall–Kier alpha value is 1.37. The second kappa shape index (κ2) is 5.51. The predicted molar refractivity (Wildman–Crippen MR) is 18.1 cm³/mol. The van der Waals surface area contributed by atoms with Crippen molar-refractivity contribution in [3.05, 3.63) is 0 Å². The van der Waals surface area contributed by atoms with Crippen LogP contribution in [0, 0.1) is 0 Å². The van der Waals surface area contributed by atoms with E-state index in [4.69, 9.17) is 17.5 Å². The minimum absolute atomic E-state index is 0. The Morgan fingerprint density at radius 2 is 1.43 bits per heavy atom. The zero-order valence-corrected chi connectivity index (χ0v) is 8.42. The molecule has 0 aliphatic heterocycles. The molecule has 0 fully saturated rings. The van der Waals surface area contributed by atoms with Crippen LogP contribution in [0.4, 0.5) is 0 Å². The van der Waals surface area contributed by atoms with Crippen LogP contribution in [-0.4, -0.2) is 66.4 Å². The fourth-order valence-corrected chi connectivity index (χ4v) is 0. The average molecular weight is 253 g/mol. The van der Waals surface area contributed by atoms with Crippen molar-refractivity contribution in [3.63, 3.8) is 0 Å². The van der Waals surface area contributed by atoms with E-state index in [1.54, 1.807) is 0 Å². The van der Waals surface area contributed by atoms with E-state index in [0.717, 1.165) is 0 Å². The molecular weight excluding hydrogens is 252 g/mol. The largest absolute Gasteiger partial charge is 2.00 e. The summed E-state index contributed by atoms with van der Waals surface area (Å²) in [7, 11) is -4.92. The normalized spacial score (nSPS) is 8.29. The first-order valence-corrected chi connectivity index (χ1v) is 2.05. The second-order valence-corrected chi connectivity index (χ2v) is 1.28. The van der Waals surface area contributed by atoms with Crippen molar-refractivity contribution in [3.8, 4) is 0 Å². The van der Waals surface area contributed by atoms with Crippen molar-refractivity contribution in [2.24, 2.45) is 0 Å². The topological polar surface area (TPSA) is 77.4 Å². The van der Waals surface area contributed by atoms with E-state index < -0.39 is 10.4 Å². The van der Waals surface area contributed by atoms with E-state index in [0.29, 0.717) is 0 Å². The third-order valence-corrected chi connectivity index (χ3v) is 0. The van der Waals surface area contributed by atoms with Gasteiger partial charge in [0.25, 0.3) is 0 Å². The van der Waals surface area contributed by atoms with Gasteiger partial charge in [0.1, 0.15) is 0 Å². The smallest absolute Gasteiger partial charge is 1.00 e. The summed E-state index contributed by atoms with van der Waals surface area (Å²) in [6.45, 7) is 0. The molecule has 1 N–H and O–H groups in total. The van der Waals surface area contributed by atoms with Gasteiger partial charge in [-0.05, 0) is 0 Å². The van der Waals surface area contributed by atoms with E-state index in [1.165, 1.54) is 0 Å². The number of rotatable bonds is 0. The minimum Gasteiger partial charge on any atom is -1.00 e. The van der Waals surface area contributed by atoms with Gasteiger partial charge in [0.2, 0.25) is 10.4 Å². The van der Waals surface area contributed by atoms with Crippen LogP contribution < -0.4 is 4.70 Å². The number of hydrogen-bond acceptors (Lipinski definition) is 3. The molecule has 0 radical (unpaired) electrons. The van der Waals surface area contributed by atoms with Gasteiger partial charge in [-0.1, -0.05) is 0 Å². The third kappa shape index (κ3) is 113.